The van der Waals surface area contributed by atoms with Crippen molar-refractivity contribution in [1.82, 2.24) is 5.32 Å². The summed E-state index contributed by atoms with van der Waals surface area (Å²) in [6.45, 7) is 13.8. The number of rotatable bonds is 6. The second kappa shape index (κ2) is 9.13. The van der Waals surface area contributed by atoms with Crippen LogP contribution in [-0.4, -0.2) is 12.5 Å². The molecule has 0 saturated carbocycles. The smallest absolute Gasteiger partial charge is 0.234 e. The highest BCUT2D eigenvalue weighted by Gasteiger charge is 2.23. The third-order valence-electron chi connectivity index (χ3n) is 4.78. The van der Waals surface area contributed by atoms with E-state index in [1.54, 1.807) is 0 Å². The standard InChI is InChI=1S/C25H32N2O2/c1-24(2,3)19-9-12-22(21(17-19)25(4,5)6)29-20-10-7-18(8-11-20)14-16-27-23(28)13-15-26/h7-12,17H,13-14,16H2,1-6H3,(H,27,28). The molecule has 0 aromatic heterocycles. The molecule has 4 nitrogen and oxygen atoms in total. The third kappa shape index (κ3) is 6.64. The molecule has 0 aliphatic heterocycles. The molecule has 0 spiro atoms. The summed E-state index contributed by atoms with van der Waals surface area (Å²) in [7, 11) is 0. The van der Waals surface area contributed by atoms with E-state index in [2.05, 4.69) is 65.1 Å². The number of carbonyl (C=O) groups excluding carboxylic acids is 1. The van der Waals surface area contributed by atoms with Gasteiger partial charge in [0, 0.05) is 12.1 Å². The fraction of sp³-hybridized carbons (Fsp3) is 0.440. The van der Waals surface area contributed by atoms with Gasteiger partial charge in [0.1, 0.15) is 17.9 Å². The van der Waals surface area contributed by atoms with Crippen LogP contribution < -0.4 is 10.1 Å². The van der Waals surface area contributed by atoms with E-state index in [0.717, 1.165) is 17.1 Å². The quantitative estimate of drug-likeness (QED) is 0.691. The van der Waals surface area contributed by atoms with E-state index in [9.17, 15) is 4.79 Å². The van der Waals surface area contributed by atoms with E-state index in [1.165, 1.54) is 11.1 Å². The molecule has 2 aromatic carbocycles. The van der Waals surface area contributed by atoms with Crippen molar-refractivity contribution < 1.29 is 9.53 Å². The molecule has 0 bridgehead atoms. The summed E-state index contributed by atoms with van der Waals surface area (Å²) in [5, 5.41) is 11.2. The van der Waals surface area contributed by atoms with Crippen LogP contribution in [0.4, 0.5) is 0 Å². The van der Waals surface area contributed by atoms with Crippen LogP contribution in [0, 0.1) is 11.3 Å². The number of hydrogen-bond donors (Lipinski definition) is 1. The number of amides is 1. The second-order valence-corrected chi connectivity index (χ2v) is 9.39. The lowest BCUT2D eigenvalue weighted by atomic mass is 9.80. The van der Waals surface area contributed by atoms with E-state index >= 15 is 0 Å². The van der Waals surface area contributed by atoms with Crippen molar-refractivity contribution >= 4 is 5.91 Å². The van der Waals surface area contributed by atoms with Gasteiger partial charge in [-0.15, -0.1) is 0 Å². The molecule has 2 rings (SSSR count). The number of benzene rings is 2. The Balaban J connectivity index is 2.11. The molecule has 0 radical (unpaired) electrons. The van der Waals surface area contributed by atoms with Gasteiger partial charge >= 0.3 is 0 Å². The van der Waals surface area contributed by atoms with Gasteiger partial charge in [0.05, 0.1) is 6.07 Å². The van der Waals surface area contributed by atoms with Crippen molar-refractivity contribution in [1.29, 1.82) is 5.26 Å². The fourth-order valence-corrected chi connectivity index (χ4v) is 3.00. The van der Waals surface area contributed by atoms with Crippen molar-refractivity contribution in [3.05, 3.63) is 59.2 Å². The van der Waals surface area contributed by atoms with Crippen molar-refractivity contribution in [2.24, 2.45) is 0 Å². The lowest BCUT2D eigenvalue weighted by molar-refractivity contribution is -0.120. The first-order chi connectivity index (χ1) is 13.5. The highest BCUT2D eigenvalue weighted by Crippen LogP contribution is 2.37. The lowest BCUT2D eigenvalue weighted by Crippen LogP contribution is -2.24. The first kappa shape index (κ1) is 22.5. The first-order valence-corrected chi connectivity index (χ1v) is 10.1. The number of nitrogens with zero attached hydrogens (tertiary/aromatic N) is 1. The van der Waals surface area contributed by atoms with Crippen LogP contribution >= 0.6 is 0 Å². The molecule has 4 heteroatoms. The Hall–Kier alpha value is -2.80. The van der Waals surface area contributed by atoms with Gasteiger partial charge in [-0.3, -0.25) is 4.79 Å². The molecule has 29 heavy (non-hydrogen) atoms. The van der Waals surface area contributed by atoms with Crippen LogP contribution in [0.5, 0.6) is 11.5 Å². The maximum atomic E-state index is 11.3. The predicted octanol–water partition coefficient (Wildman–Crippen LogP) is 5.65. The summed E-state index contributed by atoms with van der Waals surface area (Å²) in [4.78, 5) is 11.3. The maximum absolute atomic E-state index is 11.3. The molecular formula is C25H32N2O2. The van der Waals surface area contributed by atoms with Crippen LogP contribution in [0.15, 0.2) is 42.5 Å². The first-order valence-electron chi connectivity index (χ1n) is 10.1. The van der Waals surface area contributed by atoms with Gasteiger partial charge in [-0.2, -0.15) is 5.26 Å². The molecule has 154 valence electrons. The minimum Gasteiger partial charge on any atom is -0.457 e. The Morgan fingerprint density at radius 2 is 1.66 bits per heavy atom. The zero-order chi connectivity index (χ0) is 21.7. The molecule has 0 aliphatic carbocycles. The van der Waals surface area contributed by atoms with Crippen molar-refractivity contribution in [3.8, 4) is 17.6 Å². The van der Waals surface area contributed by atoms with Gasteiger partial charge in [0.15, 0.2) is 0 Å². The predicted molar refractivity (Wildman–Crippen MR) is 117 cm³/mol. The highest BCUT2D eigenvalue weighted by atomic mass is 16.5. The Bertz CT molecular complexity index is 879. The minimum absolute atomic E-state index is 0.0296. The van der Waals surface area contributed by atoms with Crippen molar-refractivity contribution in [2.45, 2.75) is 65.2 Å². The van der Waals surface area contributed by atoms with Gasteiger partial charge < -0.3 is 10.1 Å². The number of nitriles is 1. The van der Waals surface area contributed by atoms with Crippen molar-refractivity contribution in [2.75, 3.05) is 6.54 Å². The molecule has 0 heterocycles. The summed E-state index contributed by atoms with van der Waals surface area (Å²) in [6.07, 6.45) is 0.613. The summed E-state index contributed by atoms with van der Waals surface area (Å²) < 4.78 is 6.23. The zero-order valence-corrected chi connectivity index (χ0v) is 18.4. The molecule has 0 aliphatic rings. The summed E-state index contributed by atoms with van der Waals surface area (Å²) in [6, 6.07) is 16.2. The molecule has 0 unspecified atom stereocenters. The van der Waals surface area contributed by atoms with E-state index in [-0.39, 0.29) is 23.2 Å². The normalized spacial score (nSPS) is 11.6. The van der Waals surface area contributed by atoms with Crippen LogP contribution in [-0.2, 0) is 22.0 Å². The fourth-order valence-electron chi connectivity index (χ4n) is 3.00. The SMILES string of the molecule is CC(C)(C)c1ccc(Oc2ccc(CCNC(=O)CC#N)cc2)c(C(C)(C)C)c1. The topological polar surface area (TPSA) is 62.1 Å². The molecular weight excluding hydrogens is 360 g/mol. The van der Waals surface area contributed by atoms with Crippen LogP contribution in [0.3, 0.4) is 0 Å². The average Bonchev–Trinajstić information content (AvgIpc) is 2.62. The Morgan fingerprint density at radius 1 is 1.00 bits per heavy atom. The molecule has 1 N–H and O–H groups in total. The lowest BCUT2D eigenvalue weighted by Gasteiger charge is -2.27. The van der Waals surface area contributed by atoms with Crippen LogP contribution in [0.25, 0.3) is 0 Å². The van der Waals surface area contributed by atoms with Crippen LogP contribution in [0.1, 0.15) is 64.7 Å². The summed E-state index contributed by atoms with van der Waals surface area (Å²) in [5.74, 6) is 1.43. The highest BCUT2D eigenvalue weighted by molar-refractivity contribution is 5.77. The molecule has 2 aromatic rings. The zero-order valence-electron chi connectivity index (χ0n) is 18.4. The Kier molecular flexibility index (Phi) is 7.08. The van der Waals surface area contributed by atoms with E-state index in [0.29, 0.717) is 13.0 Å². The number of ether oxygens (including phenoxy) is 1. The molecule has 1 amide bonds. The number of carbonyl (C=O) groups is 1. The largest absolute Gasteiger partial charge is 0.457 e. The van der Waals surface area contributed by atoms with Crippen molar-refractivity contribution in [3.63, 3.8) is 0 Å². The van der Waals surface area contributed by atoms with Gasteiger partial charge in [-0.1, -0.05) is 65.8 Å². The Labute approximate surface area is 174 Å². The van der Waals surface area contributed by atoms with E-state index < -0.39 is 0 Å². The van der Waals surface area contributed by atoms with Gasteiger partial charge in [-0.25, -0.2) is 0 Å². The van der Waals surface area contributed by atoms with Gasteiger partial charge in [0.2, 0.25) is 5.91 Å². The van der Waals surface area contributed by atoms with Crippen LogP contribution in [0.2, 0.25) is 0 Å². The summed E-state index contributed by atoms with van der Waals surface area (Å²) in [5.41, 5.74) is 3.65. The second-order valence-electron chi connectivity index (χ2n) is 9.39. The summed E-state index contributed by atoms with van der Waals surface area (Å²) >= 11 is 0. The average molecular weight is 393 g/mol. The maximum Gasteiger partial charge on any atom is 0.234 e. The molecule has 0 atom stereocenters. The minimum atomic E-state index is -0.235. The number of nitrogens with one attached hydrogen (secondary N) is 1. The monoisotopic (exact) mass is 392 g/mol. The van der Waals surface area contributed by atoms with E-state index in [4.69, 9.17) is 10.00 Å². The third-order valence-corrected chi connectivity index (χ3v) is 4.78. The Morgan fingerprint density at radius 3 is 2.21 bits per heavy atom. The number of hydrogen-bond acceptors (Lipinski definition) is 3. The van der Waals surface area contributed by atoms with E-state index in [1.807, 2.05) is 30.3 Å². The van der Waals surface area contributed by atoms with Gasteiger partial charge in [-0.05, 0) is 46.6 Å². The molecule has 0 saturated heterocycles. The van der Waals surface area contributed by atoms with Gasteiger partial charge in [0.25, 0.3) is 0 Å². The molecule has 0 fully saturated rings.